The number of esters is 1. The van der Waals surface area contributed by atoms with E-state index in [1.165, 1.54) is 18.2 Å². The molecule has 4 nitrogen and oxygen atoms in total. The van der Waals surface area contributed by atoms with Crippen molar-refractivity contribution in [3.8, 4) is 0 Å². The molecule has 0 saturated carbocycles. The second-order valence-corrected chi connectivity index (χ2v) is 10.7. The van der Waals surface area contributed by atoms with Crippen molar-refractivity contribution in [1.29, 1.82) is 0 Å². The number of benzene rings is 2. The van der Waals surface area contributed by atoms with Crippen LogP contribution in [0, 0.1) is 5.92 Å². The number of hydrogen-bond donors (Lipinski definition) is 1. The van der Waals surface area contributed by atoms with E-state index in [1.807, 2.05) is 0 Å². The number of carbonyl (C=O) groups is 2. The topological polar surface area (TPSA) is 63.6 Å². The van der Waals surface area contributed by atoms with Crippen LogP contribution in [0.1, 0.15) is 102 Å². The molecule has 2 aromatic rings. The Morgan fingerprint density at radius 2 is 1.62 bits per heavy atom. The van der Waals surface area contributed by atoms with Gasteiger partial charge in [0.2, 0.25) is 0 Å². The Morgan fingerprint density at radius 3 is 2.22 bits per heavy atom. The first-order chi connectivity index (χ1) is 15.0. The number of Topliss-reactive ketones (excluding diaryl/α,β-unsaturated/α-hetero) is 1. The van der Waals surface area contributed by atoms with E-state index >= 15 is 0 Å². The van der Waals surface area contributed by atoms with Crippen molar-refractivity contribution in [3.63, 3.8) is 0 Å². The number of aliphatic hydroxyl groups is 1. The van der Waals surface area contributed by atoms with Crippen molar-refractivity contribution in [2.45, 2.75) is 76.7 Å². The number of methoxy groups -OCH3 is 1. The number of carbonyl (C=O) groups excluding carboxylic acids is 2. The molecule has 0 aromatic heterocycles. The first-order valence-electron chi connectivity index (χ1n) is 11.6. The molecule has 2 aliphatic carbocycles. The van der Waals surface area contributed by atoms with Crippen LogP contribution in [0.15, 0.2) is 36.4 Å². The predicted molar refractivity (Wildman–Crippen MR) is 125 cm³/mol. The molecule has 0 amide bonds. The average molecular weight is 435 g/mol. The molecular formula is C28H34O4. The number of ether oxygens (including phenoxy) is 1. The number of aryl methyl sites for hydroxylation is 1. The van der Waals surface area contributed by atoms with Crippen LogP contribution in [-0.4, -0.2) is 24.0 Å². The first kappa shape index (κ1) is 22.7. The third kappa shape index (κ3) is 3.90. The summed E-state index contributed by atoms with van der Waals surface area (Å²) in [5, 5.41) is 11.1. The van der Waals surface area contributed by atoms with Gasteiger partial charge in [0.1, 0.15) is 0 Å². The van der Waals surface area contributed by atoms with Gasteiger partial charge < -0.3 is 9.84 Å². The second-order valence-electron chi connectivity index (χ2n) is 10.7. The predicted octanol–water partition coefficient (Wildman–Crippen LogP) is 5.69. The van der Waals surface area contributed by atoms with Gasteiger partial charge in [-0.25, -0.2) is 4.79 Å². The third-order valence-corrected chi connectivity index (χ3v) is 7.69. The number of aliphatic hydroxyl groups excluding tert-OH is 1. The summed E-state index contributed by atoms with van der Waals surface area (Å²) in [5.74, 6) is -0.872. The van der Waals surface area contributed by atoms with Crippen molar-refractivity contribution >= 4 is 11.8 Å². The number of ketones is 1. The summed E-state index contributed by atoms with van der Waals surface area (Å²) in [4.78, 5) is 25.4. The lowest BCUT2D eigenvalue weighted by Crippen LogP contribution is -2.34. The van der Waals surface area contributed by atoms with Gasteiger partial charge in [0.25, 0.3) is 0 Å². The Balaban J connectivity index is 1.70. The zero-order valence-electron chi connectivity index (χ0n) is 19.8. The molecule has 4 rings (SSSR count). The average Bonchev–Trinajstić information content (AvgIpc) is 2.94. The minimum absolute atomic E-state index is 0.0315. The summed E-state index contributed by atoms with van der Waals surface area (Å²) in [5.41, 5.74) is 5.77. The van der Waals surface area contributed by atoms with E-state index in [0.29, 0.717) is 17.5 Å². The molecule has 2 aromatic carbocycles. The quantitative estimate of drug-likeness (QED) is 0.498. The number of fused-ring (bicyclic) bond motifs is 2. The Kier molecular flexibility index (Phi) is 5.79. The minimum Gasteiger partial charge on any atom is -0.465 e. The maximum Gasteiger partial charge on any atom is 0.337 e. The molecule has 0 heterocycles. The van der Waals surface area contributed by atoms with Crippen LogP contribution < -0.4 is 0 Å². The van der Waals surface area contributed by atoms with Crippen LogP contribution in [0.5, 0.6) is 0 Å². The SMILES string of the molecule is COC(=O)c1ccc(C(O)C2CCCc3cc4c(cc3C2=O)C(C)(C)CCC4(C)C)cc1. The zero-order valence-corrected chi connectivity index (χ0v) is 19.8. The second kappa shape index (κ2) is 8.15. The smallest absolute Gasteiger partial charge is 0.337 e. The Morgan fingerprint density at radius 1 is 1.03 bits per heavy atom. The van der Waals surface area contributed by atoms with Crippen molar-refractivity contribution < 1.29 is 19.4 Å². The van der Waals surface area contributed by atoms with Gasteiger partial charge >= 0.3 is 5.97 Å². The molecule has 2 atom stereocenters. The molecule has 0 aliphatic heterocycles. The van der Waals surface area contributed by atoms with Gasteiger partial charge in [0, 0.05) is 5.56 Å². The highest BCUT2D eigenvalue weighted by molar-refractivity contribution is 6.00. The normalized spacial score (nSPS) is 22.3. The highest BCUT2D eigenvalue weighted by Gasteiger charge is 2.40. The molecule has 0 saturated heterocycles. The zero-order chi connectivity index (χ0) is 23.3. The number of rotatable bonds is 3. The highest BCUT2D eigenvalue weighted by atomic mass is 16.5. The summed E-state index contributed by atoms with van der Waals surface area (Å²) in [6.45, 7) is 9.14. The largest absolute Gasteiger partial charge is 0.465 e. The summed E-state index contributed by atoms with van der Waals surface area (Å²) in [6, 6.07) is 11.1. The fourth-order valence-electron chi connectivity index (χ4n) is 5.41. The minimum atomic E-state index is -0.902. The summed E-state index contributed by atoms with van der Waals surface area (Å²) < 4.78 is 4.75. The van der Waals surface area contributed by atoms with Crippen LogP contribution in [0.4, 0.5) is 0 Å². The van der Waals surface area contributed by atoms with E-state index in [0.717, 1.165) is 36.8 Å². The molecule has 170 valence electrons. The van der Waals surface area contributed by atoms with Crippen molar-refractivity contribution in [2.24, 2.45) is 5.92 Å². The Labute approximate surface area is 191 Å². The molecule has 0 bridgehead atoms. The molecule has 4 heteroatoms. The summed E-state index contributed by atoms with van der Waals surface area (Å²) >= 11 is 0. The third-order valence-electron chi connectivity index (χ3n) is 7.69. The fraction of sp³-hybridized carbons (Fsp3) is 0.500. The fourth-order valence-corrected chi connectivity index (χ4v) is 5.41. The van der Waals surface area contributed by atoms with Gasteiger partial charge in [-0.3, -0.25) is 4.79 Å². The van der Waals surface area contributed by atoms with Crippen LogP contribution in [-0.2, 0) is 22.0 Å². The van der Waals surface area contributed by atoms with Crippen molar-refractivity contribution in [1.82, 2.24) is 0 Å². The van der Waals surface area contributed by atoms with Gasteiger partial charge in [0.15, 0.2) is 5.78 Å². The molecule has 2 unspecified atom stereocenters. The molecule has 2 aliphatic rings. The molecule has 32 heavy (non-hydrogen) atoms. The highest BCUT2D eigenvalue weighted by Crippen LogP contribution is 2.47. The molecule has 0 fully saturated rings. The van der Waals surface area contributed by atoms with Crippen LogP contribution in [0.25, 0.3) is 0 Å². The van der Waals surface area contributed by atoms with E-state index in [2.05, 4.69) is 39.8 Å². The van der Waals surface area contributed by atoms with E-state index in [4.69, 9.17) is 4.74 Å². The monoisotopic (exact) mass is 434 g/mol. The Hall–Kier alpha value is -2.46. The van der Waals surface area contributed by atoms with Crippen LogP contribution in [0.2, 0.25) is 0 Å². The molecule has 1 N–H and O–H groups in total. The van der Waals surface area contributed by atoms with E-state index in [9.17, 15) is 14.7 Å². The molecule has 0 radical (unpaired) electrons. The molecular weight excluding hydrogens is 400 g/mol. The Bertz CT molecular complexity index is 1050. The van der Waals surface area contributed by atoms with E-state index in [1.54, 1.807) is 24.3 Å². The van der Waals surface area contributed by atoms with Gasteiger partial charge in [0.05, 0.1) is 24.7 Å². The molecule has 0 spiro atoms. The van der Waals surface area contributed by atoms with Gasteiger partial charge in [-0.05, 0) is 83.4 Å². The number of hydrogen-bond acceptors (Lipinski definition) is 4. The summed E-state index contributed by atoms with van der Waals surface area (Å²) in [7, 11) is 1.34. The lowest BCUT2D eigenvalue weighted by Gasteiger charge is -2.42. The lowest BCUT2D eigenvalue weighted by atomic mass is 9.62. The van der Waals surface area contributed by atoms with Crippen LogP contribution >= 0.6 is 0 Å². The van der Waals surface area contributed by atoms with Gasteiger partial charge in [-0.15, -0.1) is 0 Å². The van der Waals surface area contributed by atoms with E-state index in [-0.39, 0.29) is 16.6 Å². The van der Waals surface area contributed by atoms with Crippen molar-refractivity contribution in [3.05, 3.63) is 69.8 Å². The first-order valence-corrected chi connectivity index (χ1v) is 11.6. The van der Waals surface area contributed by atoms with E-state index < -0.39 is 18.0 Å². The van der Waals surface area contributed by atoms with Crippen molar-refractivity contribution in [2.75, 3.05) is 7.11 Å². The van der Waals surface area contributed by atoms with Crippen LogP contribution in [0.3, 0.4) is 0 Å². The maximum absolute atomic E-state index is 13.7. The standard InChI is InChI=1S/C28H34O4/c1-27(2)13-14-28(3,4)23-16-21-19(15-22(23)27)7-6-8-20(25(21)30)24(29)17-9-11-18(12-10-17)26(31)32-5/h9-12,15-16,20,24,29H,6-8,13-14H2,1-5H3. The van der Waals surface area contributed by atoms with Gasteiger partial charge in [-0.1, -0.05) is 45.9 Å². The van der Waals surface area contributed by atoms with Gasteiger partial charge in [-0.2, -0.15) is 0 Å². The maximum atomic E-state index is 13.7. The summed E-state index contributed by atoms with van der Waals surface area (Å²) in [6.07, 6.45) is 3.70. The lowest BCUT2D eigenvalue weighted by molar-refractivity contribution is 0.0596.